The number of ether oxygens (including phenoxy) is 2. The van der Waals surface area contributed by atoms with Crippen LogP contribution < -0.4 is 0 Å². The summed E-state index contributed by atoms with van der Waals surface area (Å²) in [5, 5.41) is 1.27. The second kappa shape index (κ2) is 8.11. The van der Waals surface area contributed by atoms with E-state index in [4.69, 9.17) is 21.1 Å². The summed E-state index contributed by atoms with van der Waals surface area (Å²) in [4.78, 5) is 12.9. The molecular formula is C24H20ClNO3. The monoisotopic (exact) mass is 405 g/mol. The molecule has 0 saturated heterocycles. The fourth-order valence-corrected chi connectivity index (χ4v) is 3.90. The van der Waals surface area contributed by atoms with E-state index in [1.807, 2.05) is 77.4 Å². The molecule has 0 bridgehead atoms. The van der Waals surface area contributed by atoms with E-state index < -0.39 is 12.2 Å². The Bertz CT molecular complexity index is 1150. The second-order valence-electron chi connectivity index (χ2n) is 6.61. The quantitative estimate of drug-likeness (QED) is 0.386. The van der Waals surface area contributed by atoms with Crippen LogP contribution in [0.5, 0.6) is 0 Å². The third kappa shape index (κ3) is 3.41. The SMILES string of the molecule is COC(=O)c1c(-c2ccccc2)n(C(OC)c2ccccc2)c2ccc(Cl)cc12. The molecule has 4 rings (SSSR count). The average Bonchev–Trinajstić information content (AvgIpc) is 3.09. The van der Waals surface area contributed by atoms with Gasteiger partial charge in [-0.15, -0.1) is 0 Å². The van der Waals surface area contributed by atoms with E-state index in [2.05, 4.69) is 0 Å². The lowest BCUT2D eigenvalue weighted by molar-refractivity contribution is 0.0601. The van der Waals surface area contributed by atoms with Crippen LogP contribution in [0.4, 0.5) is 0 Å². The molecular weight excluding hydrogens is 386 g/mol. The van der Waals surface area contributed by atoms with Crippen LogP contribution in [0.25, 0.3) is 22.2 Å². The Morgan fingerprint density at radius 3 is 2.21 bits per heavy atom. The van der Waals surface area contributed by atoms with Gasteiger partial charge >= 0.3 is 5.97 Å². The third-order valence-electron chi connectivity index (χ3n) is 4.94. The molecule has 0 saturated carbocycles. The molecule has 0 radical (unpaired) electrons. The maximum Gasteiger partial charge on any atom is 0.340 e. The summed E-state index contributed by atoms with van der Waals surface area (Å²) in [6, 6.07) is 25.2. The minimum Gasteiger partial charge on any atom is -0.465 e. The third-order valence-corrected chi connectivity index (χ3v) is 5.18. The van der Waals surface area contributed by atoms with Gasteiger partial charge in [-0.25, -0.2) is 4.79 Å². The van der Waals surface area contributed by atoms with Crippen molar-refractivity contribution < 1.29 is 14.3 Å². The number of benzene rings is 3. The summed E-state index contributed by atoms with van der Waals surface area (Å²) < 4.78 is 13.1. The molecule has 4 aromatic rings. The van der Waals surface area contributed by atoms with Crippen molar-refractivity contribution in [3.8, 4) is 11.3 Å². The Morgan fingerprint density at radius 1 is 0.931 bits per heavy atom. The van der Waals surface area contributed by atoms with Gasteiger partial charge in [0.05, 0.1) is 23.9 Å². The summed E-state index contributed by atoms with van der Waals surface area (Å²) in [6.07, 6.45) is -0.437. The number of hydrogen-bond donors (Lipinski definition) is 0. The van der Waals surface area contributed by atoms with Crippen molar-refractivity contribution in [2.45, 2.75) is 6.23 Å². The zero-order valence-electron chi connectivity index (χ0n) is 16.1. The van der Waals surface area contributed by atoms with E-state index in [0.29, 0.717) is 10.6 Å². The van der Waals surface area contributed by atoms with Crippen molar-refractivity contribution in [3.05, 3.63) is 95.0 Å². The minimum absolute atomic E-state index is 0.419. The Kier molecular flexibility index (Phi) is 5.38. The van der Waals surface area contributed by atoms with E-state index >= 15 is 0 Å². The fraction of sp³-hybridized carbons (Fsp3) is 0.125. The Balaban J connectivity index is 2.14. The van der Waals surface area contributed by atoms with E-state index in [0.717, 1.165) is 27.7 Å². The number of methoxy groups -OCH3 is 2. The number of rotatable bonds is 5. The highest BCUT2D eigenvalue weighted by molar-refractivity contribution is 6.31. The number of aromatic nitrogens is 1. The lowest BCUT2D eigenvalue weighted by Crippen LogP contribution is -2.15. The van der Waals surface area contributed by atoms with E-state index in [9.17, 15) is 4.79 Å². The number of carbonyl (C=O) groups is 1. The highest BCUT2D eigenvalue weighted by Crippen LogP contribution is 2.39. The van der Waals surface area contributed by atoms with Crippen LogP contribution in [-0.2, 0) is 9.47 Å². The average molecular weight is 406 g/mol. The standard InChI is InChI=1S/C24H20ClNO3/c1-28-23(17-11-7-4-8-12-17)26-20-14-13-18(25)15-19(20)21(24(27)29-2)22(26)16-9-5-3-6-10-16/h3-15,23H,1-2H3. The predicted molar refractivity (Wildman–Crippen MR) is 115 cm³/mol. The van der Waals surface area contributed by atoms with Crippen molar-refractivity contribution in [2.24, 2.45) is 0 Å². The number of halogens is 1. The normalized spacial score (nSPS) is 12.1. The van der Waals surface area contributed by atoms with Gasteiger partial charge in [0.2, 0.25) is 0 Å². The smallest absolute Gasteiger partial charge is 0.340 e. The number of fused-ring (bicyclic) bond motifs is 1. The maximum absolute atomic E-state index is 12.9. The molecule has 1 aromatic heterocycles. The van der Waals surface area contributed by atoms with Crippen LogP contribution in [0.2, 0.25) is 5.02 Å². The summed E-state index contributed by atoms with van der Waals surface area (Å²) in [5.41, 5.74) is 3.89. The van der Waals surface area contributed by atoms with Crippen molar-refractivity contribution >= 4 is 28.5 Å². The van der Waals surface area contributed by atoms with Crippen LogP contribution in [0.3, 0.4) is 0 Å². The van der Waals surface area contributed by atoms with Gasteiger partial charge in [0.1, 0.15) is 0 Å². The summed E-state index contributed by atoms with van der Waals surface area (Å²) in [5.74, 6) is -0.419. The van der Waals surface area contributed by atoms with Crippen LogP contribution in [0.15, 0.2) is 78.9 Å². The van der Waals surface area contributed by atoms with Gasteiger partial charge in [-0.05, 0) is 23.8 Å². The largest absolute Gasteiger partial charge is 0.465 e. The lowest BCUT2D eigenvalue weighted by Gasteiger charge is -2.22. The Morgan fingerprint density at radius 2 is 1.59 bits per heavy atom. The maximum atomic E-state index is 12.9. The predicted octanol–water partition coefficient (Wildman–Crippen LogP) is 5.94. The van der Waals surface area contributed by atoms with E-state index in [1.54, 1.807) is 13.2 Å². The van der Waals surface area contributed by atoms with Crippen LogP contribution in [-0.4, -0.2) is 24.8 Å². The Hall–Kier alpha value is -3.08. The van der Waals surface area contributed by atoms with Crippen molar-refractivity contribution in [1.29, 1.82) is 0 Å². The molecule has 146 valence electrons. The van der Waals surface area contributed by atoms with Gasteiger partial charge in [0, 0.05) is 23.1 Å². The molecule has 0 N–H and O–H groups in total. The second-order valence-corrected chi connectivity index (χ2v) is 7.05. The molecule has 0 fully saturated rings. The van der Waals surface area contributed by atoms with Gasteiger partial charge in [-0.2, -0.15) is 0 Å². The first kappa shape index (κ1) is 19.2. The first-order valence-corrected chi connectivity index (χ1v) is 9.58. The van der Waals surface area contributed by atoms with Crippen molar-refractivity contribution in [2.75, 3.05) is 14.2 Å². The molecule has 0 aliphatic heterocycles. The molecule has 1 unspecified atom stereocenters. The first-order chi connectivity index (χ1) is 14.2. The number of nitrogens with zero attached hydrogens (tertiary/aromatic N) is 1. The lowest BCUT2D eigenvalue weighted by atomic mass is 10.0. The number of esters is 1. The van der Waals surface area contributed by atoms with Gasteiger partial charge in [-0.3, -0.25) is 0 Å². The zero-order valence-corrected chi connectivity index (χ0v) is 16.9. The van der Waals surface area contributed by atoms with Gasteiger partial charge in [0.15, 0.2) is 6.23 Å². The van der Waals surface area contributed by atoms with Crippen LogP contribution >= 0.6 is 11.6 Å². The van der Waals surface area contributed by atoms with Crippen molar-refractivity contribution in [1.82, 2.24) is 4.57 Å². The molecule has 0 aliphatic rings. The molecule has 1 heterocycles. The highest BCUT2D eigenvalue weighted by atomic mass is 35.5. The van der Waals surface area contributed by atoms with Gasteiger partial charge < -0.3 is 14.0 Å². The molecule has 0 spiro atoms. The van der Waals surface area contributed by atoms with E-state index in [1.165, 1.54) is 7.11 Å². The molecule has 1 atom stereocenters. The van der Waals surface area contributed by atoms with Gasteiger partial charge in [0.25, 0.3) is 0 Å². The van der Waals surface area contributed by atoms with Crippen molar-refractivity contribution in [3.63, 3.8) is 0 Å². The minimum atomic E-state index is -0.437. The Labute approximate surface area is 174 Å². The zero-order chi connectivity index (χ0) is 20.4. The summed E-state index contributed by atoms with van der Waals surface area (Å²) in [7, 11) is 3.04. The molecule has 0 amide bonds. The molecule has 29 heavy (non-hydrogen) atoms. The first-order valence-electron chi connectivity index (χ1n) is 9.20. The van der Waals surface area contributed by atoms with Crippen LogP contribution in [0.1, 0.15) is 22.1 Å². The van der Waals surface area contributed by atoms with Crippen LogP contribution in [0, 0.1) is 0 Å². The molecule has 5 heteroatoms. The number of hydrogen-bond acceptors (Lipinski definition) is 3. The molecule has 3 aromatic carbocycles. The van der Waals surface area contributed by atoms with E-state index in [-0.39, 0.29) is 0 Å². The number of carbonyl (C=O) groups excluding carboxylic acids is 1. The topological polar surface area (TPSA) is 40.5 Å². The highest BCUT2D eigenvalue weighted by Gasteiger charge is 2.28. The molecule has 0 aliphatic carbocycles. The summed E-state index contributed by atoms with van der Waals surface area (Å²) in [6.45, 7) is 0. The van der Waals surface area contributed by atoms with Gasteiger partial charge in [-0.1, -0.05) is 72.3 Å². The molecule has 4 nitrogen and oxygen atoms in total. The fourth-order valence-electron chi connectivity index (χ4n) is 3.73. The summed E-state index contributed by atoms with van der Waals surface area (Å²) >= 11 is 6.28.